The van der Waals surface area contributed by atoms with Gasteiger partial charge in [0, 0.05) is 30.9 Å². The van der Waals surface area contributed by atoms with Gasteiger partial charge >= 0.3 is 0 Å². The van der Waals surface area contributed by atoms with Crippen LogP contribution in [0.15, 0.2) is 36.5 Å². The van der Waals surface area contributed by atoms with Crippen LogP contribution in [0.2, 0.25) is 0 Å². The normalized spacial score (nSPS) is 14.6. The predicted octanol–water partition coefficient (Wildman–Crippen LogP) is 2.05. The number of carbonyl (C=O) groups is 1. The maximum atomic E-state index is 12.1. The Morgan fingerprint density at radius 2 is 2.09 bits per heavy atom. The number of carbonyl (C=O) groups excluding carboxylic acids is 1. The van der Waals surface area contributed by atoms with Crippen LogP contribution in [0.4, 0.5) is 5.69 Å². The highest BCUT2D eigenvalue weighted by Crippen LogP contribution is 2.27. The Balaban J connectivity index is 1.84. The lowest BCUT2D eigenvalue weighted by atomic mass is 10.1. The maximum Gasteiger partial charge on any atom is 0.238 e. The van der Waals surface area contributed by atoms with E-state index in [1.807, 2.05) is 35.2 Å². The fourth-order valence-electron chi connectivity index (χ4n) is 2.67. The van der Waals surface area contributed by atoms with Crippen molar-refractivity contribution in [2.24, 2.45) is 0 Å². The average molecular weight is 313 g/mol. The molecule has 1 aliphatic rings. The topological polar surface area (TPSA) is 63.7 Å². The minimum atomic E-state index is -0.0378. The number of amides is 1. The van der Waals surface area contributed by atoms with E-state index in [9.17, 15) is 4.79 Å². The van der Waals surface area contributed by atoms with Crippen molar-refractivity contribution in [3.63, 3.8) is 0 Å². The predicted molar refractivity (Wildman–Crippen MR) is 86.5 cm³/mol. The fourth-order valence-corrected chi connectivity index (χ4v) is 2.67. The summed E-state index contributed by atoms with van der Waals surface area (Å²) in [7, 11) is 3.25. The minimum absolute atomic E-state index is 0.0378. The number of anilines is 1. The second kappa shape index (κ2) is 6.66. The average Bonchev–Trinajstić information content (AvgIpc) is 2.72. The zero-order chi connectivity index (χ0) is 16.2. The SMILES string of the molecule is COc1ccc(CN2CC(=O)Nc3cccnc3C2)c(OC)c1. The third kappa shape index (κ3) is 3.43. The van der Waals surface area contributed by atoms with Crippen LogP contribution in [0.3, 0.4) is 0 Å². The van der Waals surface area contributed by atoms with Crippen molar-refractivity contribution in [2.75, 3.05) is 26.1 Å². The summed E-state index contributed by atoms with van der Waals surface area (Å²) < 4.78 is 10.7. The van der Waals surface area contributed by atoms with Crippen molar-refractivity contribution >= 4 is 11.6 Å². The van der Waals surface area contributed by atoms with Crippen LogP contribution in [0.25, 0.3) is 0 Å². The van der Waals surface area contributed by atoms with Gasteiger partial charge in [0.05, 0.1) is 32.1 Å². The third-order valence-corrected chi connectivity index (χ3v) is 3.79. The molecule has 0 spiro atoms. The number of hydrogen-bond acceptors (Lipinski definition) is 5. The first-order chi connectivity index (χ1) is 11.2. The molecule has 120 valence electrons. The highest BCUT2D eigenvalue weighted by atomic mass is 16.5. The number of ether oxygens (including phenoxy) is 2. The second-order valence-electron chi connectivity index (χ2n) is 5.37. The molecule has 1 amide bonds. The van der Waals surface area contributed by atoms with Gasteiger partial charge in [-0.1, -0.05) is 6.07 Å². The van der Waals surface area contributed by atoms with E-state index in [4.69, 9.17) is 9.47 Å². The summed E-state index contributed by atoms with van der Waals surface area (Å²) in [6.45, 7) is 1.51. The Morgan fingerprint density at radius 3 is 2.87 bits per heavy atom. The van der Waals surface area contributed by atoms with Gasteiger partial charge in [-0.15, -0.1) is 0 Å². The molecule has 0 bridgehead atoms. The van der Waals surface area contributed by atoms with Crippen LogP contribution in [0.1, 0.15) is 11.3 Å². The largest absolute Gasteiger partial charge is 0.497 e. The van der Waals surface area contributed by atoms with Crippen LogP contribution in [0, 0.1) is 0 Å². The number of aromatic nitrogens is 1. The molecule has 1 N–H and O–H groups in total. The molecular weight excluding hydrogens is 294 g/mol. The lowest BCUT2D eigenvalue weighted by Crippen LogP contribution is -2.29. The van der Waals surface area contributed by atoms with E-state index in [-0.39, 0.29) is 5.91 Å². The molecule has 23 heavy (non-hydrogen) atoms. The molecule has 0 fully saturated rings. The first-order valence-electron chi connectivity index (χ1n) is 7.36. The first-order valence-corrected chi connectivity index (χ1v) is 7.36. The molecule has 6 heteroatoms. The third-order valence-electron chi connectivity index (χ3n) is 3.79. The number of nitrogens with one attached hydrogen (secondary N) is 1. The van der Waals surface area contributed by atoms with E-state index < -0.39 is 0 Å². The molecule has 1 aliphatic heterocycles. The summed E-state index contributed by atoms with van der Waals surface area (Å²) in [6.07, 6.45) is 1.74. The van der Waals surface area contributed by atoms with Crippen molar-refractivity contribution in [1.29, 1.82) is 0 Å². The smallest absolute Gasteiger partial charge is 0.238 e. The number of pyridine rings is 1. The van der Waals surface area contributed by atoms with Gasteiger partial charge in [0.25, 0.3) is 0 Å². The van der Waals surface area contributed by atoms with Crippen molar-refractivity contribution in [2.45, 2.75) is 13.1 Å². The standard InChI is InChI=1S/C17H19N3O3/c1-22-13-6-5-12(16(8-13)23-2)9-20-10-15-14(4-3-7-18-15)19-17(21)11-20/h3-8H,9-11H2,1-2H3,(H,19,21). The highest BCUT2D eigenvalue weighted by molar-refractivity contribution is 5.93. The van der Waals surface area contributed by atoms with E-state index in [2.05, 4.69) is 10.3 Å². The monoisotopic (exact) mass is 313 g/mol. The van der Waals surface area contributed by atoms with Crippen LogP contribution in [0.5, 0.6) is 11.5 Å². The van der Waals surface area contributed by atoms with Crippen LogP contribution < -0.4 is 14.8 Å². The minimum Gasteiger partial charge on any atom is -0.497 e. The van der Waals surface area contributed by atoms with Gasteiger partial charge < -0.3 is 14.8 Å². The van der Waals surface area contributed by atoms with Crippen LogP contribution in [-0.4, -0.2) is 36.6 Å². The molecule has 0 atom stereocenters. The van der Waals surface area contributed by atoms with Gasteiger partial charge in [-0.05, 0) is 18.2 Å². The van der Waals surface area contributed by atoms with Gasteiger partial charge in [0.2, 0.25) is 5.91 Å². The Hall–Kier alpha value is -2.60. The number of hydrogen-bond donors (Lipinski definition) is 1. The molecule has 1 aromatic heterocycles. The number of benzene rings is 1. The zero-order valence-electron chi connectivity index (χ0n) is 13.2. The summed E-state index contributed by atoms with van der Waals surface area (Å²) in [5.74, 6) is 1.45. The van der Waals surface area contributed by atoms with Gasteiger partial charge in [0.1, 0.15) is 11.5 Å². The van der Waals surface area contributed by atoms with Gasteiger partial charge in [-0.3, -0.25) is 14.7 Å². The maximum absolute atomic E-state index is 12.1. The molecule has 0 saturated carbocycles. The molecule has 6 nitrogen and oxygen atoms in total. The van der Waals surface area contributed by atoms with Gasteiger partial charge in [0.15, 0.2) is 0 Å². The summed E-state index contributed by atoms with van der Waals surface area (Å²) in [5.41, 5.74) is 2.65. The summed E-state index contributed by atoms with van der Waals surface area (Å²) in [4.78, 5) is 18.5. The Bertz CT molecular complexity index is 718. The summed E-state index contributed by atoms with van der Waals surface area (Å²) >= 11 is 0. The Labute approximate surface area is 135 Å². The molecule has 1 aromatic carbocycles. The van der Waals surface area contributed by atoms with Crippen molar-refractivity contribution in [3.8, 4) is 11.5 Å². The Kier molecular flexibility index (Phi) is 4.43. The first kappa shape index (κ1) is 15.3. The molecule has 3 rings (SSSR count). The number of nitrogens with zero attached hydrogens (tertiary/aromatic N) is 2. The van der Waals surface area contributed by atoms with E-state index in [1.165, 1.54) is 0 Å². The lowest BCUT2D eigenvalue weighted by Gasteiger charge is -2.20. The molecule has 0 saturated heterocycles. The number of fused-ring (bicyclic) bond motifs is 1. The quantitative estimate of drug-likeness (QED) is 0.936. The van der Waals surface area contributed by atoms with Crippen LogP contribution >= 0.6 is 0 Å². The fraction of sp³-hybridized carbons (Fsp3) is 0.294. The van der Waals surface area contributed by atoms with E-state index in [1.54, 1.807) is 20.4 Å². The lowest BCUT2D eigenvalue weighted by molar-refractivity contribution is -0.117. The molecule has 0 aliphatic carbocycles. The molecule has 0 unspecified atom stereocenters. The van der Waals surface area contributed by atoms with E-state index in [0.29, 0.717) is 19.6 Å². The Morgan fingerprint density at radius 1 is 1.22 bits per heavy atom. The molecular formula is C17H19N3O3. The van der Waals surface area contributed by atoms with Crippen LogP contribution in [-0.2, 0) is 17.9 Å². The van der Waals surface area contributed by atoms with Crippen molar-refractivity contribution in [1.82, 2.24) is 9.88 Å². The van der Waals surface area contributed by atoms with Gasteiger partial charge in [-0.25, -0.2) is 0 Å². The van der Waals surface area contributed by atoms with Crippen molar-refractivity contribution < 1.29 is 14.3 Å². The zero-order valence-corrected chi connectivity index (χ0v) is 13.2. The molecule has 0 radical (unpaired) electrons. The molecule has 2 heterocycles. The van der Waals surface area contributed by atoms with Gasteiger partial charge in [-0.2, -0.15) is 0 Å². The van der Waals surface area contributed by atoms with E-state index >= 15 is 0 Å². The molecule has 2 aromatic rings. The second-order valence-corrected chi connectivity index (χ2v) is 5.37. The highest BCUT2D eigenvalue weighted by Gasteiger charge is 2.21. The summed E-state index contributed by atoms with van der Waals surface area (Å²) in [6, 6.07) is 9.39. The van der Waals surface area contributed by atoms with E-state index in [0.717, 1.165) is 28.4 Å². The summed E-state index contributed by atoms with van der Waals surface area (Å²) in [5, 5.41) is 2.89. The number of rotatable bonds is 4. The number of methoxy groups -OCH3 is 2. The van der Waals surface area contributed by atoms with Crippen molar-refractivity contribution in [3.05, 3.63) is 47.8 Å².